The van der Waals surface area contributed by atoms with Crippen molar-refractivity contribution in [2.75, 3.05) is 38.0 Å². The van der Waals surface area contributed by atoms with Crippen LogP contribution in [0.2, 0.25) is 0 Å². The zero-order valence-corrected chi connectivity index (χ0v) is 17.0. The fraction of sp³-hybridized carbons (Fsp3) is 0.800. The Hall–Kier alpha value is -0.980. The van der Waals surface area contributed by atoms with Crippen molar-refractivity contribution in [3.8, 4) is 0 Å². The molecule has 2 atom stereocenters. The molecule has 1 N–H and O–H groups in total. The van der Waals surface area contributed by atoms with Gasteiger partial charge < -0.3 is 5.32 Å². The number of nitrogens with one attached hydrogen (secondary N) is 1. The van der Waals surface area contributed by atoms with E-state index in [9.17, 15) is 4.79 Å². The summed E-state index contributed by atoms with van der Waals surface area (Å²) >= 11 is 1.57. The zero-order valence-electron chi connectivity index (χ0n) is 16.2. The van der Waals surface area contributed by atoms with Crippen LogP contribution in [0.1, 0.15) is 49.1 Å². The molecular weight excluding hydrogens is 344 g/mol. The third kappa shape index (κ3) is 3.97. The first-order chi connectivity index (χ1) is 12.6. The predicted molar refractivity (Wildman–Crippen MR) is 107 cm³/mol. The zero-order chi connectivity index (χ0) is 18.1. The van der Waals surface area contributed by atoms with Gasteiger partial charge in [0.05, 0.1) is 12.2 Å². The highest BCUT2D eigenvalue weighted by atomic mass is 32.1. The Morgan fingerprint density at radius 3 is 2.42 bits per heavy atom. The summed E-state index contributed by atoms with van der Waals surface area (Å²) in [5.74, 6) is 1.59. The normalized spacial score (nSPS) is 30.3. The summed E-state index contributed by atoms with van der Waals surface area (Å²) in [4.78, 5) is 23.3. The van der Waals surface area contributed by atoms with Crippen molar-refractivity contribution >= 4 is 22.4 Å². The monoisotopic (exact) mass is 376 g/mol. The van der Waals surface area contributed by atoms with Gasteiger partial charge in [-0.05, 0) is 64.5 Å². The van der Waals surface area contributed by atoms with E-state index in [0.29, 0.717) is 6.54 Å². The fourth-order valence-corrected chi connectivity index (χ4v) is 6.17. The smallest absolute Gasteiger partial charge is 0.240 e. The molecule has 1 aliphatic carbocycles. The summed E-state index contributed by atoms with van der Waals surface area (Å²) in [7, 11) is 0. The van der Waals surface area contributed by atoms with Gasteiger partial charge in [-0.15, -0.1) is 11.3 Å². The summed E-state index contributed by atoms with van der Waals surface area (Å²) in [6.45, 7) is 9.31. The van der Waals surface area contributed by atoms with Gasteiger partial charge in [0.25, 0.3) is 0 Å². The quantitative estimate of drug-likeness (QED) is 0.876. The van der Waals surface area contributed by atoms with Crippen molar-refractivity contribution in [2.24, 2.45) is 11.8 Å². The number of hydrogen-bond acceptors (Lipinski definition) is 5. The van der Waals surface area contributed by atoms with Crippen molar-refractivity contribution in [1.82, 2.24) is 14.8 Å². The molecule has 4 rings (SSSR count). The van der Waals surface area contributed by atoms with E-state index in [0.717, 1.165) is 41.8 Å². The summed E-state index contributed by atoms with van der Waals surface area (Å²) in [6.07, 6.45) is 8.18. The predicted octanol–water partition coefficient (Wildman–Crippen LogP) is 3.28. The first kappa shape index (κ1) is 18.4. The lowest BCUT2D eigenvalue weighted by Crippen LogP contribution is -2.59. The molecule has 3 aliphatic rings. The molecule has 6 heteroatoms. The number of aryl methyl sites for hydroxylation is 2. The number of aromatic nitrogens is 1. The van der Waals surface area contributed by atoms with E-state index < -0.39 is 0 Å². The first-order valence-electron chi connectivity index (χ1n) is 10.3. The SMILES string of the molecule is Cc1nc(NC(=O)CN2C[C@H]3CCC[C@H](C2)C3N2CCCCC2)sc1C. The van der Waals surface area contributed by atoms with E-state index in [2.05, 4.69) is 27.0 Å². The molecule has 2 saturated heterocycles. The summed E-state index contributed by atoms with van der Waals surface area (Å²) in [5, 5.41) is 3.75. The van der Waals surface area contributed by atoms with Crippen LogP contribution >= 0.6 is 11.3 Å². The van der Waals surface area contributed by atoms with Gasteiger partial charge in [-0.1, -0.05) is 12.8 Å². The first-order valence-corrected chi connectivity index (χ1v) is 11.1. The Bertz CT molecular complexity index is 606. The number of amides is 1. The van der Waals surface area contributed by atoms with Crippen molar-refractivity contribution < 1.29 is 4.79 Å². The second kappa shape index (κ2) is 7.95. The lowest BCUT2D eigenvalue weighted by Gasteiger charge is -2.52. The van der Waals surface area contributed by atoms with Gasteiger partial charge >= 0.3 is 0 Å². The minimum atomic E-state index is 0.0910. The second-order valence-corrected chi connectivity index (χ2v) is 9.64. The number of likely N-dealkylation sites (tertiary alicyclic amines) is 2. The van der Waals surface area contributed by atoms with E-state index in [4.69, 9.17) is 0 Å². The minimum Gasteiger partial charge on any atom is -0.301 e. The molecule has 1 aromatic heterocycles. The van der Waals surface area contributed by atoms with E-state index >= 15 is 0 Å². The number of anilines is 1. The molecule has 2 bridgehead atoms. The van der Waals surface area contributed by atoms with Crippen LogP contribution in [0.3, 0.4) is 0 Å². The number of fused-ring (bicyclic) bond motifs is 2. The number of rotatable bonds is 4. The molecule has 0 spiro atoms. The maximum absolute atomic E-state index is 12.5. The lowest BCUT2D eigenvalue weighted by atomic mass is 9.72. The van der Waals surface area contributed by atoms with Crippen LogP contribution in [-0.4, -0.2) is 59.5 Å². The van der Waals surface area contributed by atoms with Gasteiger partial charge in [0.15, 0.2) is 5.13 Å². The standard InChI is InChI=1S/C20H32N4OS/c1-14-15(2)26-20(21-14)22-18(25)13-23-11-16-7-6-8-17(12-23)19(16)24-9-4-3-5-10-24/h16-17,19H,3-13H2,1-2H3,(H,21,22,25)/t16-,17-/m1/s1. The highest BCUT2D eigenvalue weighted by molar-refractivity contribution is 7.15. The maximum atomic E-state index is 12.5. The summed E-state index contributed by atoms with van der Waals surface area (Å²) in [6, 6.07) is 0.771. The highest BCUT2D eigenvalue weighted by Crippen LogP contribution is 2.39. The molecule has 3 heterocycles. The van der Waals surface area contributed by atoms with Gasteiger partial charge in [-0.3, -0.25) is 14.6 Å². The Labute approximate surface area is 161 Å². The summed E-state index contributed by atoms with van der Waals surface area (Å²) in [5.41, 5.74) is 1.02. The van der Waals surface area contributed by atoms with Crippen molar-refractivity contribution in [3.63, 3.8) is 0 Å². The molecule has 1 aromatic rings. The molecular formula is C20H32N4OS. The van der Waals surface area contributed by atoms with Crippen LogP contribution in [0, 0.1) is 25.7 Å². The van der Waals surface area contributed by atoms with E-state index in [1.165, 1.54) is 56.5 Å². The number of hydrogen-bond donors (Lipinski definition) is 1. The summed E-state index contributed by atoms with van der Waals surface area (Å²) < 4.78 is 0. The second-order valence-electron chi connectivity index (χ2n) is 8.44. The molecule has 0 unspecified atom stereocenters. The van der Waals surface area contributed by atoms with Gasteiger partial charge in [0, 0.05) is 24.0 Å². The molecule has 3 fully saturated rings. The van der Waals surface area contributed by atoms with Crippen LogP contribution < -0.4 is 5.32 Å². The topological polar surface area (TPSA) is 48.5 Å². The van der Waals surface area contributed by atoms with Crippen LogP contribution in [0.15, 0.2) is 0 Å². The Kier molecular flexibility index (Phi) is 5.62. The average molecular weight is 377 g/mol. The number of piperidine rings is 2. The fourth-order valence-electron chi connectivity index (χ4n) is 5.34. The van der Waals surface area contributed by atoms with Gasteiger partial charge in [-0.2, -0.15) is 0 Å². The largest absolute Gasteiger partial charge is 0.301 e. The van der Waals surface area contributed by atoms with E-state index in [1.807, 2.05) is 6.92 Å². The molecule has 1 amide bonds. The van der Waals surface area contributed by atoms with Gasteiger partial charge in [0.1, 0.15) is 0 Å². The van der Waals surface area contributed by atoms with Crippen LogP contribution in [0.25, 0.3) is 0 Å². The van der Waals surface area contributed by atoms with Crippen molar-refractivity contribution in [1.29, 1.82) is 0 Å². The van der Waals surface area contributed by atoms with E-state index in [-0.39, 0.29) is 5.91 Å². The number of thiazole rings is 1. The van der Waals surface area contributed by atoms with Gasteiger partial charge in [0.2, 0.25) is 5.91 Å². The Balaban J connectivity index is 1.35. The van der Waals surface area contributed by atoms with Gasteiger partial charge in [-0.25, -0.2) is 4.98 Å². The molecule has 2 aliphatic heterocycles. The van der Waals surface area contributed by atoms with E-state index in [1.54, 1.807) is 11.3 Å². The maximum Gasteiger partial charge on any atom is 0.240 e. The molecule has 5 nitrogen and oxygen atoms in total. The minimum absolute atomic E-state index is 0.0910. The highest BCUT2D eigenvalue weighted by Gasteiger charge is 2.42. The Morgan fingerprint density at radius 1 is 1.12 bits per heavy atom. The lowest BCUT2D eigenvalue weighted by molar-refractivity contribution is -0.119. The average Bonchev–Trinajstić information content (AvgIpc) is 2.92. The van der Waals surface area contributed by atoms with Crippen LogP contribution in [0.4, 0.5) is 5.13 Å². The third-order valence-electron chi connectivity index (χ3n) is 6.56. The Morgan fingerprint density at radius 2 is 1.81 bits per heavy atom. The molecule has 0 radical (unpaired) electrons. The van der Waals surface area contributed by atoms with Crippen molar-refractivity contribution in [2.45, 2.75) is 58.4 Å². The number of nitrogens with zero attached hydrogens (tertiary/aromatic N) is 3. The van der Waals surface area contributed by atoms with Crippen LogP contribution in [-0.2, 0) is 4.79 Å². The van der Waals surface area contributed by atoms with Crippen LogP contribution in [0.5, 0.6) is 0 Å². The third-order valence-corrected chi connectivity index (χ3v) is 7.54. The molecule has 26 heavy (non-hydrogen) atoms. The molecule has 1 saturated carbocycles. The molecule has 144 valence electrons. The number of carbonyl (C=O) groups excluding carboxylic acids is 1. The van der Waals surface area contributed by atoms with Crippen molar-refractivity contribution in [3.05, 3.63) is 10.6 Å². The number of carbonyl (C=O) groups is 1. The molecule has 0 aromatic carbocycles.